The molecule has 5 aromatic rings. The fourth-order valence-electron chi connectivity index (χ4n) is 5.67. The van der Waals surface area contributed by atoms with Crippen LogP contribution in [-0.2, 0) is 4.79 Å². The Labute approximate surface area is 236 Å². The first kappa shape index (κ1) is 25.0. The molecule has 11 nitrogen and oxygen atoms in total. The SMILES string of the molecule is C=CC(=O)N1CCC(N[C@H]2COc3cc(-n4c(-c5cccnc5N)nc5ccc(-n6cccn6)nc54)ccc32)CC1. The lowest BCUT2D eigenvalue weighted by molar-refractivity contribution is -0.127. The molecule has 41 heavy (non-hydrogen) atoms. The number of carbonyl (C=O) groups is 1. The molecule has 7 rings (SSSR count). The number of amides is 1. The Kier molecular flexibility index (Phi) is 6.20. The number of piperidine rings is 1. The van der Waals surface area contributed by atoms with Gasteiger partial charge in [-0.15, -0.1) is 0 Å². The molecule has 0 bridgehead atoms. The highest BCUT2D eigenvalue weighted by atomic mass is 16.5. The molecule has 0 radical (unpaired) electrons. The smallest absolute Gasteiger partial charge is 0.245 e. The molecule has 0 spiro atoms. The zero-order chi connectivity index (χ0) is 27.9. The van der Waals surface area contributed by atoms with Gasteiger partial charge in [0.1, 0.15) is 23.7 Å². The zero-order valence-corrected chi connectivity index (χ0v) is 22.3. The van der Waals surface area contributed by atoms with Gasteiger partial charge in [-0.1, -0.05) is 12.6 Å². The number of carbonyl (C=O) groups excluding carboxylic acids is 1. The van der Waals surface area contributed by atoms with Crippen LogP contribution in [0.4, 0.5) is 5.82 Å². The largest absolute Gasteiger partial charge is 0.491 e. The van der Waals surface area contributed by atoms with Gasteiger partial charge in [-0.2, -0.15) is 5.10 Å². The van der Waals surface area contributed by atoms with Gasteiger partial charge in [0, 0.05) is 49.4 Å². The van der Waals surface area contributed by atoms with E-state index < -0.39 is 0 Å². The van der Waals surface area contributed by atoms with Gasteiger partial charge in [0.25, 0.3) is 0 Å². The van der Waals surface area contributed by atoms with Gasteiger partial charge in [0.05, 0.1) is 17.3 Å². The summed E-state index contributed by atoms with van der Waals surface area (Å²) >= 11 is 0. The summed E-state index contributed by atoms with van der Waals surface area (Å²) in [5, 5.41) is 8.09. The van der Waals surface area contributed by atoms with Crippen LogP contribution in [0.1, 0.15) is 24.4 Å². The number of fused-ring (bicyclic) bond motifs is 2. The van der Waals surface area contributed by atoms with Crippen molar-refractivity contribution in [3.63, 3.8) is 0 Å². The molecule has 0 unspecified atom stereocenters. The Hall–Kier alpha value is -5.03. The van der Waals surface area contributed by atoms with Crippen LogP contribution in [0.2, 0.25) is 0 Å². The van der Waals surface area contributed by atoms with Crippen LogP contribution in [0.5, 0.6) is 5.75 Å². The highest BCUT2D eigenvalue weighted by Gasteiger charge is 2.30. The highest BCUT2D eigenvalue weighted by Crippen LogP contribution is 2.37. The van der Waals surface area contributed by atoms with E-state index in [2.05, 4.69) is 34.1 Å². The molecular weight excluding hydrogens is 518 g/mol. The molecule has 0 saturated carbocycles. The summed E-state index contributed by atoms with van der Waals surface area (Å²) in [5.74, 6) is 2.52. The summed E-state index contributed by atoms with van der Waals surface area (Å²) in [6.07, 6.45) is 8.41. The number of nitrogen functional groups attached to an aromatic ring is 1. The van der Waals surface area contributed by atoms with E-state index in [9.17, 15) is 4.79 Å². The Morgan fingerprint density at radius 2 is 1.98 bits per heavy atom. The van der Waals surface area contributed by atoms with E-state index in [1.165, 1.54) is 6.08 Å². The number of benzene rings is 1. The molecule has 1 saturated heterocycles. The maximum Gasteiger partial charge on any atom is 0.245 e. The second-order valence-corrected chi connectivity index (χ2v) is 10.2. The molecule has 206 valence electrons. The number of rotatable bonds is 6. The third kappa shape index (κ3) is 4.49. The summed E-state index contributed by atoms with van der Waals surface area (Å²) in [6.45, 7) is 5.59. The van der Waals surface area contributed by atoms with Crippen molar-refractivity contribution in [2.45, 2.75) is 24.9 Å². The monoisotopic (exact) mass is 547 g/mol. The van der Waals surface area contributed by atoms with Crippen molar-refractivity contribution in [1.82, 2.24) is 39.5 Å². The van der Waals surface area contributed by atoms with Crippen molar-refractivity contribution in [3.8, 4) is 28.6 Å². The number of aromatic nitrogens is 6. The van der Waals surface area contributed by atoms with E-state index in [1.54, 1.807) is 17.1 Å². The van der Waals surface area contributed by atoms with Gasteiger partial charge in [-0.25, -0.2) is 19.6 Å². The molecule has 1 aromatic carbocycles. The minimum atomic E-state index is -0.00353. The Balaban J connectivity index is 1.24. The molecule has 6 heterocycles. The van der Waals surface area contributed by atoms with Crippen LogP contribution >= 0.6 is 0 Å². The predicted octanol–water partition coefficient (Wildman–Crippen LogP) is 3.45. The van der Waals surface area contributed by atoms with Crippen molar-refractivity contribution in [1.29, 1.82) is 0 Å². The lowest BCUT2D eigenvalue weighted by Gasteiger charge is -2.33. The van der Waals surface area contributed by atoms with Gasteiger partial charge in [-0.05, 0) is 55.3 Å². The van der Waals surface area contributed by atoms with E-state index in [0.717, 1.165) is 48.4 Å². The van der Waals surface area contributed by atoms with Crippen LogP contribution in [0.3, 0.4) is 0 Å². The van der Waals surface area contributed by atoms with Crippen molar-refractivity contribution in [2.24, 2.45) is 0 Å². The van der Waals surface area contributed by atoms with Crippen molar-refractivity contribution < 1.29 is 9.53 Å². The average molecular weight is 548 g/mol. The number of hydrogen-bond acceptors (Lipinski definition) is 8. The van der Waals surface area contributed by atoms with Gasteiger partial charge in [0.15, 0.2) is 17.3 Å². The number of anilines is 1. The number of nitrogens with two attached hydrogens (primary N) is 1. The number of nitrogens with zero attached hydrogens (tertiary/aromatic N) is 7. The molecular formula is C30H29N9O2. The molecule has 0 aliphatic carbocycles. The van der Waals surface area contributed by atoms with E-state index in [-0.39, 0.29) is 11.9 Å². The van der Waals surface area contributed by atoms with Crippen LogP contribution in [0, 0.1) is 0 Å². The summed E-state index contributed by atoms with van der Waals surface area (Å²) in [6, 6.07) is 16.0. The second kappa shape index (κ2) is 10.2. The summed E-state index contributed by atoms with van der Waals surface area (Å²) < 4.78 is 9.90. The molecule has 4 aromatic heterocycles. The average Bonchev–Trinajstić information content (AvgIpc) is 3.76. The topological polar surface area (TPSA) is 129 Å². The van der Waals surface area contributed by atoms with E-state index in [0.29, 0.717) is 41.3 Å². The Morgan fingerprint density at radius 3 is 2.76 bits per heavy atom. The predicted molar refractivity (Wildman–Crippen MR) is 155 cm³/mol. The lowest BCUT2D eigenvalue weighted by atomic mass is 10.0. The van der Waals surface area contributed by atoms with Crippen LogP contribution in [0.15, 0.2) is 79.8 Å². The molecule has 2 aliphatic rings. The third-order valence-electron chi connectivity index (χ3n) is 7.76. The van der Waals surface area contributed by atoms with Gasteiger partial charge in [0.2, 0.25) is 5.91 Å². The number of nitrogens with one attached hydrogen (secondary N) is 1. The van der Waals surface area contributed by atoms with E-state index in [4.69, 9.17) is 20.4 Å². The normalized spacial score (nSPS) is 17.0. The second-order valence-electron chi connectivity index (χ2n) is 10.2. The maximum absolute atomic E-state index is 11.9. The molecule has 2 aliphatic heterocycles. The van der Waals surface area contributed by atoms with Crippen molar-refractivity contribution in [3.05, 3.63) is 85.3 Å². The lowest BCUT2D eigenvalue weighted by Crippen LogP contribution is -2.45. The first-order valence-corrected chi connectivity index (χ1v) is 13.6. The standard InChI is InChI=1S/C30H29N9O2/c1-2-27(40)37-15-10-19(11-16-37)34-24-18-41-25-17-20(6-7-21(24)25)39-29(22-5-3-12-32-28(22)31)35-23-8-9-26(36-30(23)39)38-14-4-13-33-38/h2-9,12-14,17,19,24,34H,1,10-11,15-16,18H2,(H2,31,32)/t24-/m0/s1. The molecule has 1 amide bonds. The zero-order valence-electron chi connectivity index (χ0n) is 22.3. The van der Waals surface area contributed by atoms with Gasteiger partial charge in [-0.3, -0.25) is 9.36 Å². The molecule has 1 fully saturated rings. The molecule has 1 atom stereocenters. The number of pyridine rings is 2. The summed E-state index contributed by atoms with van der Waals surface area (Å²) in [4.78, 5) is 27.9. The third-order valence-corrected chi connectivity index (χ3v) is 7.76. The molecule has 11 heteroatoms. The van der Waals surface area contributed by atoms with Gasteiger partial charge >= 0.3 is 0 Å². The van der Waals surface area contributed by atoms with Crippen molar-refractivity contribution in [2.75, 3.05) is 25.4 Å². The van der Waals surface area contributed by atoms with Crippen LogP contribution < -0.4 is 15.8 Å². The molecule has 3 N–H and O–H groups in total. The number of ether oxygens (including phenoxy) is 1. The number of hydrogen-bond donors (Lipinski definition) is 2. The Morgan fingerprint density at radius 1 is 1.10 bits per heavy atom. The Bertz CT molecular complexity index is 1750. The van der Waals surface area contributed by atoms with E-state index in [1.807, 2.05) is 52.1 Å². The summed E-state index contributed by atoms with van der Waals surface area (Å²) in [7, 11) is 0. The van der Waals surface area contributed by atoms with Crippen LogP contribution in [-0.4, -0.2) is 65.8 Å². The minimum absolute atomic E-state index is 0.00353. The summed E-state index contributed by atoms with van der Waals surface area (Å²) in [5.41, 5.74) is 10.4. The minimum Gasteiger partial charge on any atom is -0.491 e. The van der Waals surface area contributed by atoms with Gasteiger partial charge < -0.3 is 20.7 Å². The fraction of sp³-hybridized carbons (Fsp3) is 0.233. The van der Waals surface area contributed by atoms with E-state index >= 15 is 0 Å². The maximum atomic E-state index is 11.9. The first-order valence-electron chi connectivity index (χ1n) is 13.6. The fourth-order valence-corrected chi connectivity index (χ4v) is 5.67. The quantitative estimate of drug-likeness (QED) is 0.309. The number of likely N-dealkylation sites (tertiary alicyclic amines) is 1. The highest BCUT2D eigenvalue weighted by molar-refractivity contribution is 5.87. The first-order chi connectivity index (χ1) is 20.1. The van der Waals surface area contributed by atoms with Crippen LogP contribution in [0.25, 0.3) is 34.1 Å². The number of imidazole rings is 1. The van der Waals surface area contributed by atoms with Crippen molar-refractivity contribution >= 4 is 22.9 Å².